The Morgan fingerprint density at radius 2 is 1.93 bits per heavy atom. The van der Waals surface area contributed by atoms with E-state index in [1.165, 1.54) is 6.42 Å². The molecule has 138 valence electrons. The van der Waals surface area contributed by atoms with E-state index in [4.69, 9.17) is 9.15 Å². The van der Waals surface area contributed by atoms with Crippen LogP contribution in [0, 0.1) is 5.92 Å². The van der Waals surface area contributed by atoms with Crippen molar-refractivity contribution >= 4 is 16.9 Å². The molecule has 1 aliphatic carbocycles. The first kappa shape index (κ1) is 17.5. The highest BCUT2D eigenvalue weighted by atomic mass is 16.5. The molecule has 0 amide bonds. The Morgan fingerprint density at radius 3 is 2.78 bits per heavy atom. The molecule has 0 spiro atoms. The first-order chi connectivity index (χ1) is 13.1. The second-order valence-corrected chi connectivity index (χ2v) is 7.37. The van der Waals surface area contributed by atoms with Crippen molar-refractivity contribution in [3.8, 4) is 11.1 Å². The highest BCUT2D eigenvalue weighted by molar-refractivity contribution is 5.91. The number of ether oxygens (including phenoxy) is 1. The molecule has 0 aliphatic heterocycles. The molecule has 1 aromatic heterocycles. The molecule has 1 saturated carbocycles. The third-order valence-electron chi connectivity index (χ3n) is 5.21. The van der Waals surface area contributed by atoms with Crippen molar-refractivity contribution in [3.63, 3.8) is 0 Å². The molecule has 0 saturated heterocycles. The Balaban J connectivity index is 1.62. The molecule has 27 heavy (non-hydrogen) atoms. The average Bonchev–Trinajstić information content (AvgIpc) is 2.67. The molecule has 2 aromatic carbocycles. The van der Waals surface area contributed by atoms with E-state index in [9.17, 15) is 9.59 Å². The van der Waals surface area contributed by atoms with Gasteiger partial charge in [-0.1, -0.05) is 43.7 Å². The van der Waals surface area contributed by atoms with Gasteiger partial charge in [-0.3, -0.25) is 0 Å². The number of benzene rings is 2. The van der Waals surface area contributed by atoms with Gasteiger partial charge in [-0.2, -0.15) is 0 Å². The summed E-state index contributed by atoms with van der Waals surface area (Å²) in [4.78, 5) is 25.0. The van der Waals surface area contributed by atoms with E-state index in [-0.39, 0.29) is 12.1 Å². The van der Waals surface area contributed by atoms with Crippen LogP contribution in [0.1, 0.15) is 43.0 Å². The monoisotopic (exact) mass is 362 g/mol. The van der Waals surface area contributed by atoms with E-state index < -0.39 is 5.63 Å². The minimum atomic E-state index is -0.416. The fourth-order valence-corrected chi connectivity index (χ4v) is 3.78. The predicted octanol–water partition coefficient (Wildman–Crippen LogP) is 5.20. The topological polar surface area (TPSA) is 56.5 Å². The number of hydrogen-bond donors (Lipinski definition) is 0. The molecule has 0 bridgehead atoms. The summed E-state index contributed by atoms with van der Waals surface area (Å²) in [5.41, 5.74) is 1.68. The Bertz CT molecular complexity index is 1030. The summed E-state index contributed by atoms with van der Waals surface area (Å²) in [6.45, 7) is 2.19. The van der Waals surface area contributed by atoms with Gasteiger partial charge in [0.25, 0.3) is 0 Å². The summed E-state index contributed by atoms with van der Waals surface area (Å²) >= 11 is 0. The van der Waals surface area contributed by atoms with E-state index in [1.807, 2.05) is 18.2 Å². The van der Waals surface area contributed by atoms with E-state index in [0.29, 0.717) is 28.2 Å². The number of carbonyl (C=O) groups is 1. The Morgan fingerprint density at radius 1 is 1.07 bits per heavy atom. The quantitative estimate of drug-likeness (QED) is 0.475. The molecule has 0 radical (unpaired) electrons. The zero-order chi connectivity index (χ0) is 18.8. The van der Waals surface area contributed by atoms with Crippen molar-refractivity contribution in [3.05, 3.63) is 70.6 Å². The Labute approximate surface area is 157 Å². The number of carbonyl (C=O) groups excluding carboxylic acids is 1. The van der Waals surface area contributed by atoms with Crippen molar-refractivity contribution in [2.45, 2.75) is 38.7 Å². The van der Waals surface area contributed by atoms with Crippen LogP contribution in [0.25, 0.3) is 22.1 Å². The lowest BCUT2D eigenvalue weighted by molar-refractivity contribution is 0.0155. The van der Waals surface area contributed by atoms with Crippen LogP contribution < -0.4 is 5.63 Å². The third-order valence-corrected chi connectivity index (χ3v) is 5.21. The maximum atomic E-state index is 12.6. The van der Waals surface area contributed by atoms with Gasteiger partial charge in [-0.15, -0.1) is 0 Å². The standard InChI is InChI=1S/C23H22O4/c1-15-6-4-10-19(12-15)26-22(24)18-9-5-8-16(13-18)20-14-17-7-2-3-11-21(17)27-23(20)25/h2-3,5,7-9,11,13-15,19H,4,6,10,12H2,1H3/t15-,19-/m1/s1. The summed E-state index contributed by atoms with van der Waals surface area (Å²) in [6.07, 6.45) is 4.11. The molecule has 1 heterocycles. The summed E-state index contributed by atoms with van der Waals surface area (Å²) in [5, 5.41) is 0.844. The van der Waals surface area contributed by atoms with Gasteiger partial charge in [0.1, 0.15) is 11.7 Å². The van der Waals surface area contributed by atoms with Gasteiger partial charge in [0.05, 0.1) is 11.1 Å². The van der Waals surface area contributed by atoms with E-state index in [0.717, 1.165) is 24.6 Å². The maximum absolute atomic E-state index is 12.6. The average molecular weight is 362 g/mol. The zero-order valence-corrected chi connectivity index (χ0v) is 15.3. The summed E-state index contributed by atoms with van der Waals surface area (Å²) in [6, 6.07) is 16.2. The number of hydrogen-bond acceptors (Lipinski definition) is 4. The van der Waals surface area contributed by atoms with Crippen LogP contribution in [0.15, 0.2) is 63.8 Å². The van der Waals surface area contributed by atoms with Crippen molar-refractivity contribution in [1.82, 2.24) is 0 Å². The third kappa shape index (κ3) is 3.80. The van der Waals surface area contributed by atoms with Gasteiger partial charge < -0.3 is 9.15 Å². The Kier molecular flexibility index (Phi) is 4.80. The normalized spacial score (nSPS) is 19.7. The number of esters is 1. The van der Waals surface area contributed by atoms with E-state index in [1.54, 1.807) is 36.4 Å². The lowest BCUT2D eigenvalue weighted by Crippen LogP contribution is -2.24. The van der Waals surface area contributed by atoms with Gasteiger partial charge in [0, 0.05) is 5.39 Å². The minimum Gasteiger partial charge on any atom is -0.459 e. The Hall–Kier alpha value is -2.88. The van der Waals surface area contributed by atoms with E-state index in [2.05, 4.69) is 6.92 Å². The summed E-state index contributed by atoms with van der Waals surface area (Å²) < 4.78 is 11.1. The van der Waals surface area contributed by atoms with Crippen molar-refractivity contribution in [2.24, 2.45) is 5.92 Å². The van der Waals surface area contributed by atoms with Gasteiger partial charge in [0.2, 0.25) is 0 Å². The molecule has 1 fully saturated rings. The largest absolute Gasteiger partial charge is 0.459 e. The van der Waals surface area contributed by atoms with Gasteiger partial charge in [-0.25, -0.2) is 9.59 Å². The van der Waals surface area contributed by atoms with Crippen molar-refractivity contribution in [2.75, 3.05) is 0 Å². The highest BCUT2D eigenvalue weighted by Gasteiger charge is 2.23. The van der Waals surface area contributed by atoms with Crippen LogP contribution in [-0.2, 0) is 4.74 Å². The molecule has 3 aromatic rings. The summed E-state index contributed by atoms with van der Waals surface area (Å²) in [5.74, 6) is 0.256. The lowest BCUT2D eigenvalue weighted by atomic mass is 9.89. The van der Waals surface area contributed by atoms with Crippen LogP contribution in [-0.4, -0.2) is 12.1 Å². The van der Waals surface area contributed by atoms with Crippen molar-refractivity contribution in [1.29, 1.82) is 0 Å². The van der Waals surface area contributed by atoms with Crippen LogP contribution in [0.4, 0.5) is 0 Å². The second kappa shape index (κ2) is 7.39. The van der Waals surface area contributed by atoms with Crippen molar-refractivity contribution < 1.29 is 13.9 Å². The smallest absolute Gasteiger partial charge is 0.344 e. The second-order valence-electron chi connectivity index (χ2n) is 7.37. The fourth-order valence-electron chi connectivity index (χ4n) is 3.78. The molecule has 0 N–H and O–H groups in total. The van der Waals surface area contributed by atoms with Crippen LogP contribution in [0.3, 0.4) is 0 Å². The predicted molar refractivity (Wildman–Crippen MR) is 105 cm³/mol. The molecule has 4 rings (SSSR count). The van der Waals surface area contributed by atoms with Gasteiger partial charge >= 0.3 is 11.6 Å². The molecular weight excluding hydrogens is 340 g/mol. The summed E-state index contributed by atoms with van der Waals surface area (Å²) in [7, 11) is 0. The zero-order valence-electron chi connectivity index (χ0n) is 15.3. The first-order valence-electron chi connectivity index (χ1n) is 9.44. The minimum absolute atomic E-state index is 0.0179. The maximum Gasteiger partial charge on any atom is 0.344 e. The molecule has 2 atom stereocenters. The first-order valence-corrected chi connectivity index (χ1v) is 9.44. The van der Waals surface area contributed by atoms with Crippen LogP contribution in [0.5, 0.6) is 0 Å². The number of rotatable bonds is 3. The molecule has 0 unspecified atom stereocenters. The highest BCUT2D eigenvalue weighted by Crippen LogP contribution is 2.27. The van der Waals surface area contributed by atoms with E-state index >= 15 is 0 Å². The molecule has 1 aliphatic rings. The lowest BCUT2D eigenvalue weighted by Gasteiger charge is -2.26. The number of para-hydroxylation sites is 1. The SMILES string of the molecule is C[C@@H]1CCC[C@@H](OC(=O)c2cccc(-c3cc4ccccc4oc3=O)c2)C1. The van der Waals surface area contributed by atoms with Crippen LogP contribution in [0.2, 0.25) is 0 Å². The number of fused-ring (bicyclic) bond motifs is 1. The molecular formula is C23H22O4. The van der Waals surface area contributed by atoms with Crippen LogP contribution >= 0.6 is 0 Å². The van der Waals surface area contributed by atoms with Gasteiger partial charge in [-0.05, 0) is 55.0 Å². The molecule has 4 heteroatoms. The fraction of sp³-hybridized carbons (Fsp3) is 0.304. The van der Waals surface area contributed by atoms with Gasteiger partial charge in [0.15, 0.2) is 0 Å². The molecule has 4 nitrogen and oxygen atoms in total.